The normalized spacial score (nSPS) is 14.6. The maximum atomic E-state index is 11.3. The smallest absolute Gasteiger partial charge is 0.318 e. The Labute approximate surface area is 178 Å². The fourth-order valence-electron chi connectivity index (χ4n) is 3.16. The van der Waals surface area contributed by atoms with E-state index in [2.05, 4.69) is 9.80 Å². The van der Waals surface area contributed by atoms with Gasteiger partial charge in [0.25, 0.3) is 0 Å². The summed E-state index contributed by atoms with van der Waals surface area (Å²) in [5.41, 5.74) is 0.706. The number of anilines is 1. The van der Waals surface area contributed by atoms with Crippen molar-refractivity contribution in [1.82, 2.24) is 4.90 Å². The highest BCUT2D eigenvalue weighted by atomic mass is 35.5. The number of rotatable bonds is 7. The van der Waals surface area contributed by atoms with E-state index < -0.39 is 4.92 Å². The lowest BCUT2D eigenvalue weighted by molar-refractivity contribution is -0.385. The first kappa shape index (κ1) is 21.3. The molecule has 2 aromatic rings. The Bertz CT molecular complexity index is 888. The molecule has 156 valence electrons. The van der Waals surface area contributed by atoms with Crippen LogP contribution in [0.3, 0.4) is 0 Å². The number of nitro groups is 1. The lowest BCUT2D eigenvalue weighted by atomic mass is 10.2. The largest absolute Gasteiger partial charge is 0.492 e. The van der Waals surface area contributed by atoms with Crippen molar-refractivity contribution in [2.24, 2.45) is 0 Å². The summed E-state index contributed by atoms with van der Waals surface area (Å²) in [5.74, 6) is 0.656. The molecule has 0 aliphatic carbocycles. The topological polar surface area (TPSA) is 77.3 Å². The molecule has 10 heteroatoms. The van der Waals surface area contributed by atoms with E-state index in [9.17, 15) is 10.1 Å². The molecule has 0 aromatic heterocycles. The molecule has 8 nitrogen and oxygen atoms in total. The van der Waals surface area contributed by atoms with Crippen LogP contribution in [0.2, 0.25) is 10.0 Å². The quantitative estimate of drug-likeness (QED) is 0.473. The van der Waals surface area contributed by atoms with Crippen molar-refractivity contribution >= 4 is 34.6 Å². The van der Waals surface area contributed by atoms with Gasteiger partial charge in [0, 0.05) is 32.2 Å². The second kappa shape index (κ2) is 9.39. The summed E-state index contributed by atoms with van der Waals surface area (Å²) in [6.45, 7) is 3.31. The third kappa shape index (κ3) is 4.77. The number of hydrogen-bond acceptors (Lipinski definition) is 7. The molecular weight excluding hydrogens is 421 g/mol. The van der Waals surface area contributed by atoms with E-state index in [0.717, 1.165) is 31.9 Å². The van der Waals surface area contributed by atoms with Crippen LogP contribution in [0.1, 0.15) is 0 Å². The van der Waals surface area contributed by atoms with Crippen LogP contribution in [-0.4, -0.2) is 57.0 Å². The Hall–Kier alpha value is -2.42. The minimum atomic E-state index is -0.526. The lowest BCUT2D eigenvalue weighted by Crippen LogP contribution is -2.47. The van der Waals surface area contributed by atoms with Gasteiger partial charge < -0.3 is 19.1 Å². The summed E-state index contributed by atoms with van der Waals surface area (Å²) in [6, 6.07) is 8.50. The Kier molecular flexibility index (Phi) is 6.89. The first-order valence-electron chi connectivity index (χ1n) is 8.89. The number of methoxy groups -OCH3 is 2. The molecule has 0 atom stereocenters. The van der Waals surface area contributed by atoms with Gasteiger partial charge in [-0.1, -0.05) is 29.3 Å². The zero-order chi connectivity index (χ0) is 21.0. The average molecular weight is 442 g/mol. The van der Waals surface area contributed by atoms with Crippen molar-refractivity contribution in [3.63, 3.8) is 0 Å². The summed E-state index contributed by atoms with van der Waals surface area (Å²) in [6.07, 6.45) is 0. The molecule has 1 saturated heterocycles. The van der Waals surface area contributed by atoms with Crippen molar-refractivity contribution in [2.45, 2.75) is 0 Å². The van der Waals surface area contributed by atoms with Gasteiger partial charge >= 0.3 is 5.69 Å². The first-order valence-corrected chi connectivity index (χ1v) is 9.64. The number of piperazine rings is 1. The molecule has 1 aliphatic rings. The molecule has 3 rings (SSSR count). The van der Waals surface area contributed by atoms with Crippen molar-refractivity contribution < 1.29 is 19.1 Å². The van der Waals surface area contributed by atoms with Gasteiger partial charge in [-0.2, -0.15) is 0 Å². The number of benzene rings is 2. The molecule has 0 spiro atoms. The molecule has 1 fully saturated rings. The molecule has 0 bridgehead atoms. The van der Waals surface area contributed by atoms with Gasteiger partial charge in [-0.25, -0.2) is 0 Å². The van der Waals surface area contributed by atoms with E-state index in [1.807, 2.05) is 12.1 Å². The molecule has 0 amide bonds. The van der Waals surface area contributed by atoms with Crippen LogP contribution < -0.4 is 19.1 Å². The van der Waals surface area contributed by atoms with Crippen LogP contribution in [0.4, 0.5) is 11.4 Å². The fraction of sp³-hybridized carbons (Fsp3) is 0.368. The summed E-state index contributed by atoms with van der Waals surface area (Å²) in [4.78, 5) is 15.1. The standard InChI is InChI=1S/C19H21Cl2N3O5/c1-27-17-11-13(10-16(24(25)26)19(17)28-2)29-12-22-6-8-23(9-7-22)15-5-3-4-14(20)18(15)21/h3-5,10-11H,6-9,12H2,1-2H3. The van der Waals surface area contributed by atoms with Crippen molar-refractivity contribution in [3.05, 3.63) is 50.5 Å². The van der Waals surface area contributed by atoms with Gasteiger partial charge in [0.15, 0.2) is 5.75 Å². The van der Waals surface area contributed by atoms with Crippen LogP contribution >= 0.6 is 23.2 Å². The average Bonchev–Trinajstić information content (AvgIpc) is 2.73. The number of ether oxygens (including phenoxy) is 3. The highest BCUT2D eigenvalue weighted by Gasteiger charge is 2.24. The molecule has 1 heterocycles. The van der Waals surface area contributed by atoms with Crippen LogP contribution in [0, 0.1) is 10.1 Å². The van der Waals surface area contributed by atoms with E-state index in [0.29, 0.717) is 22.5 Å². The van der Waals surface area contributed by atoms with E-state index in [-0.39, 0.29) is 17.2 Å². The second-order valence-electron chi connectivity index (χ2n) is 6.39. The van der Waals surface area contributed by atoms with Gasteiger partial charge in [-0.3, -0.25) is 15.0 Å². The van der Waals surface area contributed by atoms with Crippen molar-refractivity contribution in [1.29, 1.82) is 0 Å². The minimum absolute atomic E-state index is 0.0665. The van der Waals surface area contributed by atoms with E-state index in [1.54, 1.807) is 12.1 Å². The summed E-state index contributed by atoms with van der Waals surface area (Å²) >= 11 is 12.4. The monoisotopic (exact) mass is 441 g/mol. The summed E-state index contributed by atoms with van der Waals surface area (Å²) in [7, 11) is 2.78. The predicted octanol–water partition coefficient (Wildman–Crippen LogP) is 4.08. The highest BCUT2D eigenvalue weighted by Crippen LogP contribution is 2.40. The Morgan fingerprint density at radius 3 is 2.45 bits per heavy atom. The SMILES string of the molecule is COc1cc(OCN2CCN(c3cccc(Cl)c3Cl)CC2)cc([N+](=O)[O-])c1OC. The molecule has 0 radical (unpaired) electrons. The number of nitrogens with zero attached hydrogens (tertiary/aromatic N) is 3. The van der Waals surface area contributed by atoms with E-state index in [1.165, 1.54) is 20.3 Å². The Morgan fingerprint density at radius 2 is 1.83 bits per heavy atom. The fourth-order valence-corrected chi connectivity index (χ4v) is 3.57. The number of hydrogen-bond donors (Lipinski definition) is 0. The molecule has 1 aliphatic heterocycles. The number of nitro benzene ring substituents is 1. The summed E-state index contributed by atoms with van der Waals surface area (Å²) in [5, 5.41) is 12.4. The van der Waals surface area contributed by atoms with E-state index in [4.69, 9.17) is 37.4 Å². The molecule has 29 heavy (non-hydrogen) atoms. The van der Waals surface area contributed by atoms with Gasteiger partial charge in [-0.05, 0) is 12.1 Å². The molecule has 0 saturated carbocycles. The Balaban J connectivity index is 1.62. The van der Waals surface area contributed by atoms with Gasteiger partial charge in [0.1, 0.15) is 12.5 Å². The van der Waals surface area contributed by atoms with Crippen LogP contribution in [0.5, 0.6) is 17.2 Å². The van der Waals surface area contributed by atoms with Gasteiger partial charge in [0.2, 0.25) is 5.75 Å². The first-order chi connectivity index (χ1) is 13.9. The molecule has 2 aromatic carbocycles. The summed E-state index contributed by atoms with van der Waals surface area (Å²) < 4.78 is 16.1. The Morgan fingerprint density at radius 1 is 1.10 bits per heavy atom. The highest BCUT2D eigenvalue weighted by molar-refractivity contribution is 6.43. The maximum absolute atomic E-state index is 11.3. The third-order valence-electron chi connectivity index (χ3n) is 4.69. The van der Waals surface area contributed by atoms with Crippen molar-refractivity contribution in [3.8, 4) is 17.2 Å². The van der Waals surface area contributed by atoms with Crippen LogP contribution in [0.25, 0.3) is 0 Å². The predicted molar refractivity (Wildman–Crippen MR) is 112 cm³/mol. The molecule has 0 unspecified atom stereocenters. The maximum Gasteiger partial charge on any atom is 0.318 e. The minimum Gasteiger partial charge on any atom is -0.492 e. The van der Waals surface area contributed by atoms with Crippen LogP contribution in [0.15, 0.2) is 30.3 Å². The molecular formula is C19H21Cl2N3O5. The van der Waals surface area contributed by atoms with Gasteiger partial charge in [0.05, 0.1) is 40.9 Å². The van der Waals surface area contributed by atoms with Crippen molar-refractivity contribution in [2.75, 3.05) is 52.0 Å². The zero-order valence-electron chi connectivity index (χ0n) is 16.1. The van der Waals surface area contributed by atoms with E-state index >= 15 is 0 Å². The molecule has 0 N–H and O–H groups in total. The zero-order valence-corrected chi connectivity index (χ0v) is 17.6. The third-order valence-corrected chi connectivity index (χ3v) is 5.50. The second-order valence-corrected chi connectivity index (χ2v) is 7.17. The van der Waals surface area contributed by atoms with Crippen LogP contribution in [-0.2, 0) is 0 Å². The van der Waals surface area contributed by atoms with Gasteiger partial charge in [-0.15, -0.1) is 0 Å². The number of halogens is 2. The lowest BCUT2D eigenvalue weighted by Gasteiger charge is -2.36.